The van der Waals surface area contributed by atoms with Crippen molar-refractivity contribution in [1.29, 1.82) is 0 Å². The van der Waals surface area contributed by atoms with Gasteiger partial charge in [-0.3, -0.25) is 5.01 Å². The standard InChI is InChI=1S/C43H40ClN3O4/c1-4-42(48)50-30-36-17-13-34(14-18-36)27-46(28-35-15-19-37(20-16-35)31-51-43(49)5-2)40-24-21-38(41(44)25-40)26-45-47(29-33-9-7-6-8-10-33)39-22-11-32(3)12-23-39/h4-26H,1-2,27-31H2,3H3. The number of esters is 2. The van der Waals surface area contributed by atoms with Crippen LogP contribution >= 0.6 is 11.6 Å². The Hall–Kier alpha value is -5.92. The molecule has 0 fully saturated rings. The van der Waals surface area contributed by atoms with Crippen molar-refractivity contribution >= 4 is 41.1 Å². The van der Waals surface area contributed by atoms with Crippen molar-refractivity contribution in [3.05, 3.63) is 191 Å². The lowest BCUT2D eigenvalue weighted by molar-refractivity contribution is -0.139. The van der Waals surface area contributed by atoms with E-state index in [0.29, 0.717) is 24.7 Å². The topological polar surface area (TPSA) is 71.4 Å². The fourth-order valence-corrected chi connectivity index (χ4v) is 5.43. The fraction of sp³-hybridized carbons (Fsp3) is 0.140. The maximum atomic E-state index is 11.5. The normalized spacial score (nSPS) is 10.8. The van der Waals surface area contributed by atoms with Crippen LogP contribution in [0.3, 0.4) is 0 Å². The van der Waals surface area contributed by atoms with Gasteiger partial charge in [-0.05, 0) is 65.1 Å². The minimum atomic E-state index is -0.459. The summed E-state index contributed by atoms with van der Waals surface area (Å²) < 4.78 is 10.4. The summed E-state index contributed by atoms with van der Waals surface area (Å²) in [6.45, 7) is 11.1. The molecule has 0 aliphatic heterocycles. The number of halogens is 1. The molecule has 51 heavy (non-hydrogen) atoms. The van der Waals surface area contributed by atoms with Crippen LogP contribution in [0, 0.1) is 6.92 Å². The van der Waals surface area contributed by atoms with Crippen LogP contribution in [0.2, 0.25) is 5.02 Å². The Kier molecular flexibility index (Phi) is 13.0. The number of rotatable bonds is 16. The quantitative estimate of drug-likeness (QED) is 0.0443. The molecule has 0 saturated carbocycles. The van der Waals surface area contributed by atoms with Crippen LogP contribution < -0.4 is 9.91 Å². The zero-order valence-electron chi connectivity index (χ0n) is 28.6. The van der Waals surface area contributed by atoms with Crippen LogP contribution in [0.5, 0.6) is 0 Å². The third kappa shape index (κ3) is 11.0. The number of hydrazone groups is 1. The molecule has 0 radical (unpaired) electrons. The second-order valence-electron chi connectivity index (χ2n) is 11.9. The zero-order chi connectivity index (χ0) is 36.0. The minimum Gasteiger partial charge on any atom is -0.458 e. The van der Waals surface area contributed by atoms with Gasteiger partial charge in [0.25, 0.3) is 0 Å². The van der Waals surface area contributed by atoms with Crippen LogP contribution in [-0.2, 0) is 51.9 Å². The van der Waals surface area contributed by atoms with Crippen molar-refractivity contribution in [1.82, 2.24) is 0 Å². The number of nitrogens with zero attached hydrogens (tertiary/aromatic N) is 3. The third-order valence-corrected chi connectivity index (χ3v) is 8.41. The first kappa shape index (κ1) is 36.4. The summed E-state index contributed by atoms with van der Waals surface area (Å²) in [5, 5.41) is 7.42. The van der Waals surface area contributed by atoms with E-state index >= 15 is 0 Å². The van der Waals surface area contributed by atoms with Crippen LogP contribution in [0.25, 0.3) is 0 Å². The molecular formula is C43H40ClN3O4. The number of hydrogen-bond donors (Lipinski definition) is 0. The van der Waals surface area contributed by atoms with Crippen molar-refractivity contribution in [3.63, 3.8) is 0 Å². The molecular weight excluding hydrogens is 658 g/mol. The lowest BCUT2D eigenvalue weighted by Crippen LogP contribution is -2.22. The van der Waals surface area contributed by atoms with Crippen molar-refractivity contribution in [2.24, 2.45) is 5.10 Å². The molecule has 0 aliphatic rings. The molecule has 7 nitrogen and oxygen atoms in total. The van der Waals surface area contributed by atoms with Crippen LogP contribution in [0.4, 0.5) is 11.4 Å². The summed E-state index contributed by atoms with van der Waals surface area (Å²) in [5.74, 6) is -0.917. The Morgan fingerprint density at radius 3 is 1.65 bits per heavy atom. The molecule has 0 bridgehead atoms. The van der Waals surface area contributed by atoms with Crippen LogP contribution in [0.1, 0.15) is 38.9 Å². The number of benzene rings is 5. The lowest BCUT2D eigenvalue weighted by atomic mass is 10.1. The fourth-order valence-electron chi connectivity index (χ4n) is 5.21. The van der Waals surface area contributed by atoms with Gasteiger partial charge in [0, 0.05) is 36.5 Å². The molecule has 0 heterocycles. The van der Waals surface area contributed by atoms with E-state index in [1.165, 1.54) is 5.56 Å². The molecule has 5 aromatic rings. The Bertz CT molecular complexity index is 1890. The number of carbonyl (C=O) groups excluding carboxylic acids is 2. The van der Waals surface area contributed by atoms with Gasteiger partial charge in [0.05, 0.1) is 23.5 Å². The van der Waals surface area contributed by atoms with Gasteiger partial charge in [-0.25, -0.2) is 9.59 Å². The summed E-state index contributed by atoms with van der Waals surface area (Å²) in [5.41, 5.74) is 8.93. The van der Waals surface area contributed by atoms with E-state index in [1.807, 2.05) is 89.9 Å². The summed E-state index contributed by atoms with van der Waals surface area (Å²) in [6.07, 6.45) is 4.11. The summed E-state index contributed by atoms with van der Waals surface area (Å²) in [4.78, 5) is 25.3. The number of hydrogen-bond acceptors (Lipinski definition) is 7. The van der Waals surface area contributed by atoms with E-state index in [9.17, 15) is 9.59 Å². The van der Waals surface area contributed by atoms with Crippen LogP contribution in [-0.4, -0.2) is 18.2 Å². The van der Waals surface area contributed by atoms with Gasteiger partial charge in [0.2, 0.25) is 0 Å². The predicted octanol–water partition coefficient (Wildman–Crippen LogP) is 9.35. The van der Waals surface area contributed by atoms with Gasteiger partial charge in [0.1, 0.15) is 13.2 Å². The first-order valence-corrected chi connectivity index (χ1v) is 16.9. The highest BCUT2D eigenvalue weighted by Gasteiger charge is 2.13. The van der Waals surface area contributed by atoms with Crippen molar-refractivity contribution < 1.29 is 19.1 Å². The highest BCUT2D eigenvalue weighted by molar-refractivity contribution is 6.33. The van der Waals surface area contributed by atoms with Crippen molar-refractivity contribution in [2.45, 2.75) is 39.8 Å². The van der Waals surface area contributed by atoms with E-state index in [0.717, 1.165) is 56.9 Å². The van der Waals surface area contributed by atoms with E-state index in [2.05, 4.69) is 61.4 Å². The SMILES string of the molecule is C=CC(=O)OCc1ccc(CN(Cc2ccc(COC(=O)C=C)cc2)c2ccc(C=NN(Cc3ccccc3)c3ccc(C)cc3)c(Cl)c2)cc1. The largest absolute Gasteiger partial charge is 0.458 e. The first-order chi connectivity index (χ1) is 24.8. The Morgan fingerprint density at radius 1 is 0.647 bits per heavy atom. The number of anilines is 2. The average Bonchev–Trinajstić information content (AvgIpc) is 3.16. The molecule has 0 aliphatic carbocycles. The minimum absolute atomic E-state index is 0.175. The smallest absolute Gasteiger partial charge is 0.330 e. The highest BCUT2D eigenvalue weighted by Crippen LogP contribution is 2.27. The van der Waals surface area contributed by atoms with Gasteiger partial charge in [-0.1, -0.05) is 121 Å². The monoisotopic (exact) mass is 697 g/mol. The first-order valence-electron chi connectivity index (χ1n) is 16.5. The molecule has 0 aromatic heterocycles. The van der Waals surface area contributed by atoms with E-state index in [-0.39, 0.29) is 13.2 Å². The third-order valence-electron chi connectivity index (χ3n) is 8.08. The molecule has 5 rings (SSSR count). The second-order valence-corrected chi connectivity index (χ2v) is 12.3. The Labute approximate surface area is 304 Å². The van der Waals surface area contributed by atoms with Gasteiger partial charge in [0.15, 0.2) is 0 Å². The highest BCUT2D eigenvalue weighted by atomic mass is 35.5. The van der Waals surface area contributed by atoms with Gasteiger partial charge in [-0.2, -0.15) is 5.10 Å². The van der Waals surface area contributed by atoms with Crippen molar-refractivity contribution in [3.8, 4) is 0 Å². The molecule has 0 saturated heterocycles. The molecule has 0 N–H and O–H groups in total. The second kappa shape index (κ2) is 18.2. The Morgan fingerprint density at radius 2 is 1.14 bits per heavy atom. The number of carbonyl (C=O) groups is 2. The van der Waals surface area contributed by atoms with Gasteiger partial charge in [-0.15, -0.1) is 0 Å². The zero-order valence-corrected chi connectivity index (χ0v) is 29.3. The molecule has 8 heteroatoms. The predicted molar refractivity (Wildman–Crippen MR) is 206 cm³/mol. The average molecular weight is 698 g/mol. The van der Waals surface area contributed by atoms with Crippen molar-refractivity contribution in [2.75, 3.05) is 9.91 Å². The maximum Gasteiger partial charge on any atom is 0.330 e. The van der Waals surface area contributed by atoms with Gasteiger partial charge >= 0.3 is 11.9 Å². The number of aryl methyl sites for hydroxylation is 1. The molecule has 5 aromatic carbocycles. The molecule has 0 amide bonds. The number of ether oxygens (including phenoxy) is 2. The lowest BCUT2D eigenvalue weighted by Gasteiger charge is -2.26. The van der Waals surface area contributed by atoms with E-state index < -0.39 is 11.9 Å². The van der Waals surface area contributed by atoms with Gasteiger partial charge < -0.3 is 14.4 Å². The van der Waals surface area contributed by atoms with Crippen LogP contribution in [0.15, 0.2) is 152 Å². The maximum absolute atomic E-state index is 11.5. The molecule has 0 atom stereocenters. The summed E-state index contributed by atoms with van der Waals surface area (Å²) >= 11 is 6.94. The molecule has 258 valence electrons. The van der Waals surface area contributed by atoms with E-state index in [1.54, 1.807) is 6.21 Å². The Balaban J connectivity index is 1.38. The summed E-state index contributed by atoms with van der Waals surface area (Å²) in [7, 11) is 0. The molecule has 0 spiro atoms. The molecule has 0 unspecified atom stereocenters. The summed E-state index contributed by atoms with van der Waals surface area (Å²) in [6, 6.07) is 40.4. The van der Waals surface area contributed by atoms with E-state index in [4.69, 9.17) is 26.2 Å².